The van der Waals surface area contributed by atoms with Crippen LogP contribution >= 0.6 is 11.7 Å². The highest BCUT2D eigenvalue weighted by molar-refractivity contribution is 7.00. The second-order valence-corrected chi connectivity index (χ2v) is 12.8. The summed E-state index contributed by atoms with van der Waals surface area (Å²) in [5.41, 5.74) is 13.4. The van der Waals surface area contributed by atoms with Gasteiger partial charge in [-0.15, -0.1) is 0 Å². The first kappa shape index (κ1) is 29.0. The molecule has 0 N–H and O–H groups in total. The van der Waals surface area contributed by atoms with Gasteiger partial charge in [0.15, 0.2) is 0 Å². The maximum absolute atomic E-state index is 4.74. The highest BCUT2D eigenvalue weighted by Crippen LogP contribution is 2.55. The van der Waals surface area contributed by atoms with Crippen LogP contribution in [-0.4, -0.2) is 8.75 Å². The SMILES string of the molecule is CCCCCCCCC1(CCCCCCCC)c2cc(C)ccc2-c2ccc(-c3ccc(C)c4nsnc34)cc21. The molecule has 2 nitrogen and oxygen atoms in total. The predicted molar refractivity (Wildman–Crippen MR) is 175 cm³/mol. The van der Waals surface area contributed by atoms with Crippen LogP contribution in [-0.2, 0) is 5.41 Å². The van der Waals surface area contributed by atoms with Crippen LogP contribution in [0.15, 0.2) is 48.5 Å². The number of rotatable bonds is 15. The van der Waals surface area contributed by atoms with E-state index < -0.39 is 0 Å². The third kappa shape index (κ3) is 5.91. The molecule has 0 saturated carbocycles. The summed E-state index contributed by atoms with van der Waals surface area (Å²) in [6.07, 6.45) is 18.7. The van der Waals surface area contributed by atoms with E-state index in [1.54, 1.807) is 11.1 Å². The van der Waals surface area contributed by atoms with Gasteiger partial charge in [0.05, 0.1) is 11.7 Å². The first-order valence-electron chi connectivity index (χ1n) is 16.1. The van der Waals surface area contributed by atoms with Gasteiger partial charge in [-0.1, -0.05) is 139 Å². The average molecular weight is 553 g/mol. The zero-order chi connectivity index (χ0) is 28.0. The molecular formula is C37H48N2S. The van der Waals surface area contributed by atoms with Gasteiger partial charge in [0.25, 0.3) is 0 Å². The molecule has 4 aromatic rings. The van der Waals surface area contributed by atoms with Crippen LogP contribution in [0.1, 0.15) is 126 Å². The minimum absolute atomic E-state index is 0.104. The third-order valence-electron chi connectivity index (χ3n) is 9.36. The summed E-state index contributed by atoms with van der Waals surface area (Å²) in [5, 5.41) is 0. The zero-order valence-corrected chi connectivity index (χ0v) is 26.1. The lowest BCUT2D eigenvalue weighted by atomic mass is 9.70. The fourth-order valence-electron chi connectivity index (χ4n) is 7.08. The normalized spacial score (nSPS) is 13.6. The molecule has 1 heterocycles. The highest BCUT2D eigenvalue weighted by atomic mass is 32.1. The van der Waals surface area contributed by atoms with Crippen LogP contribution in [0.2, 0.25) is 0 Å². The van der Waals surface area contributed by atoms with Gasteiger partial charge in [-0.05, 0) is 66.1 Å². The summed E-state index contributed by atoms with van der Waals surface area (Å²) in [6, 6.07) is 19.0. The van der Waals surface area contributed by atoms with Crippen molar-refractivity contribution in [2.24, 2.45) is 0 Å². The zero-order valence-electron chi connectivity index (χ0n) is 25.3. The van der Waals surface area contributed by atoms with Crippen molar-refractivity contribution in [2.75, 3.05) is 0 Å². The number of aromatic nitrogens is 2. The van der Waals surface area contributed by atoms with Crippen LogP contribution in [0, 0.1) is 13.8 Å². The lowest BCUT2D eigenvalue weighted by Crippen LogP contribution is -2.25. The maximum Gasteiger partial charge on any atom is 0.112 e. The van der Waals surface area contributed by atoms with E-state index in [0.717, 1.165) is 11.0 Å². The highest BCUT2D eigenvalue weighted by Gasteiger charge is 2.42. The molecule has 212 valence electrons. The van der Waals surface area contributed by atoms with Crippen molar-refractivity contribution >= 4 is 22.8 Å². The standard InChI is InChI=1S/C37H48N2S/c1-5-7-9-11-13-15-23-37(24-16-14-12-10-8-6-2)33-25-27(3)17-20-31(33)32-22-19-29(26-34(32)37)30-21-18-28(4)35-36(30)39-40-38-35/h17-22,25-26H,5-16,23-24H2,1-4H3. The van der Waals surface area contributed by atoms with E-state index in [9.17, 15) is 0 Å². The van der Waals surface area contributed by atoms with Gasteiger partial charge >= 0.3 is 0 Å². The second kappa shape index (κ2) is 13.4. The molecule has 40 heavy (non-hydrogen) atoms. The Labute approximate surface area is 247 Å². The molecule has 1 aliphatic rings. The van der Waals surface area contributed by atoms with Gasteiger partial charge in [-0.3, -0.25) is 0 Å². The summed E-state index contributed by atoms with van der Waals surface area (Å²) >= 11 is 1.33. The summed E-state index contributed by atoms with van der Waals surface area (Å²) in [4.78, 5) is 0. The van der Waals surface area contributed by atoms with E-state index in [-0.39, 0.29) is 5.41 Å². The maximum atomic E-state index is 4.74. The molecule has 0 spiro atoms. The predicted octanol–water partition coefficient (Wildman–Crippen LogP) is 11.7. The third-order valence-corrected chi connectivity index (χ3v) is 9.89. The summed E-state index contributed by atoms with van der Waals surface area (Å²) in [6.45, 7) is 9.03. The van der Waals surface area contributed by atoms with Crippen molar-refractivity contribution in [1.82, 2.24) is 8.75 Å². The second-order valence-electron chi connectivity index (χ2n) is 12.3. The Bertz CT molecular complexity index is 1400. The van der Waals surface area contributed by atoms with E-state index in [2.05, 4.69) is 80.6 Å². The van der Waals surface area contributed by atoms with E-state index in [1.807, 2.05) is 0 Å². The monoisotopic (exact) mass is 552 g/mol. The number of unbranched alkanes of at least 4 members (excludes halogenated alkanes) is 10. The van der Waals surface area contributed by atoms with Gasteiger partial charge in [0.2, 0.25) is 0 Å². The van der Waals surface area contributed by atoms with E-state index in [1.165, 1.54) is 135 Å². The van der Waals surface area contributed by atoms with Crippen molar-refractivity contribution in [1.29, 1.82) is 0 Å². The van der Waals surface area contributed by atoms with Crippen molar-refractivity contribution in [3.8, 4) is 22.3 Å². The Morgan fingerprint density at radius 1 is 0.575 bits per heavy atom. The Balaban J connectivity index is 1.54. The molecule has 1 aliphatic carbocycles. The molecule has 5 rings (SSSR count). The molecule has 0 atom stereocenters. The number of hydrogen-bond donors (Lipinski definition) is 0. The van der Waals surface area contributed by atoms with Crippen molar-refractivity contribution in [3.63, 3.8) is 0 Å². The van der Waals surface area contributed by atoms with Gasteiger partial charge in [-0.25, -0.2) is 0 Å². The van der Waals surface area contributed by atoms with E-state index >= 15 is 0 Å². The van der Waals surface area contributed by atoms with E-state index in [0.29, 0.717) is 0 Å². The molecular weight excluding hydrogens is 504 g/mol. The fourth-order valence-corrected chi connectivity index (χ4v) is 7.70. The molecule has 0 aliphatic heterocycles. The van der Waals surface area contributed by atoms with Crippen molar-refractivity contribution < 1.29 is 0 Å². The lowest BCUT2D eigenvalue weighted by molar-refractivity contribution is 0.398. The topological polar surface area (TPSA) is 25.8 Å². The minimum Gasteiger partial charge on any atom is -0.173 e. The quantitative estimate of drug-likeness (QED) is 0.137. The summed E-state index contributed by atoms with van der Waals surface area (Å²) in [5.74, 6) is 0. The number of fused-ring (bicyclic) bond motifs is 4. The minimum atomic E-state index is 0.104. The van der Waals surface area contributed by atoms with Crippen LogP contribution in [0.5, 0.6) is 0 Å². The molecule has 0 bridgehead atoms. The Morgan fingerprint density at radius 3 is 1.80 bits per heavy atom. The molecule has 0 fully saturated rings. The first-order chi connectivity index (χ1) is 19.6. The van der Waals surface area contributed by atoms with Gasteiger partial charge in [0, 0.05) is 11.0 Å². The molecule has 0 radical (unpaired) electrons. The van der Waals surface area contributed by atoms with Gasteiger partial charge < -0.3 is 0 Å². The Hall–Kier alpha value is -2.52. The Kier molecular flexibility index (Phi) is 9.73. The smallest absolute Gasteiger partial charge is 0.112 e. The van der Waals surface area contributed by atoms with Crippen molar-refractivity contribution in [2.45, 2.75) is 123 Å². The van der Waals surface area contributed by atoms with Gasteiger partial charge in [0.1, 0.15) is 11.0 Å². The van der Waals surface area contributed by atoms with Crippen LogP contribution in [0.4, 0.5) is 0 Å². The molecule has 3 heteroatoms. The summed E-state index contributed by atoms with van der Waals surface area (Å²) < 4.78 is 9.36. The Morgan fingerprint density at radius 2 is 1.12 bits per heavy atom. The van der Waals surface area contributed by atoms with Crippen LogP contribution in [0.25, 0.3) is 33.3 Å². The lowest BCUT2D eigenvalue weighted by Gasteiger charge is -2.33. The van der Waals surface area contributed by atoms with Gasteiger partial charge in [-0.2, -0.15) is 8.75 Å². The van der Waals surface area contributed by atoms with Crippen LogP contribution in [0.3, 0.4) is 0 Å². The summed E-state index contributed by atoms with van der Waals surface area (Å²) in [7, 11) is 0. The average Bonchev–Trinajstić information content (AvgIpc) is 3.55. The number of hydrogen-bond acceptors (Lipinski definition) is 3. The number of aryl methyl sites for hydroxylation is 2. The van der Waals surface area contributed by atoms with Crippen LogP contribution < -0.4 is 0 Å². The molecule has 3 aromatic carbocycles. The first-order valence-corrected chi connectivity index (χ1v) is 16.8. The molecule has 1 aromatic heterocycles. The number of nitrogens with zero attached hydrogens (tertiary/aromatic N) is 2. The largest absolute Gasteiger partial charge is 0.173 e. The molecule has 0 saturated heterocycles. The number of benzene rings is 3. The molecule has 0 unspecified atom stereocenters. The van der Waals surface area contributed by atoms with E-state index in [4.69, 9.17) is 4.37 Å². The fraction of sp³-hybridized carbons (Fsp3) is 0.514. The van der Waals surface area contributed by atoms with Crippen molar-refractivity contribution in [3.05, 3.63) is 70.8 Å². The molecule has 0 amide bonds.